The number of hydrogen-bond donors (Lipinski definition) is 0. The maximum absolute atomic E-state index is 5.62. The van der Waals surface area contributed by atoms with Gasteiger partial charge >= 0.3 is 0 Å². The number of benzene rings is 7. The molecule has 2 heterocycles. The minimum atomic E-state index is -0.178. The summed E-state index contributed by atoms with van der Waals surface area (Å²) in [6.07, 6.45) is 7.02. The molecule has 2 aromatic heterocycles. The van der Waals surface area contributed by atoms with Gasteiger partial charge in [0.15, 0.2) is 0 Å². The summed E-state index contributed by atoms with van der Waals surface area (Å²) in [7, 11) is 3.56. The van der Waals surface area contributed by atoms with Crippen molar-refractivity contribution in [2.45, 2.75) is 32.6 Å². The van der Waals surface area contributed by atoms with E-state index in [0.29, 0.717) is 0 Å². The molecule has 6 heteroatoms. The molecule has 0 saturated carbocycles. The minimum absolute atomic E-state index is 0.178. The molecule has 7 aromatic carbocycles. The van der Waals surface area contributed by atoms with Gasteiger partial charge in [-0.1, -0.05) is 106 Å². The third-order valence-electron chi connectivity index (χ3n) is 12.4. The largest absolute Gasteiger partial charge is 0.497 e. The van der Waals surface area contributed by atoms with Crippen molar-refractivity contribution >= 4 is 56.2 Å². The van der Waals surface area contributed by atoms with Crippen LogP contribution in [0.2, 0.25) is 0 Å². The van der Waals surface area contributed by atoms with Crippen LogP contribution in [0.5, 0.6) is 5.75 Å². The molecule has 0 radical (unpaired) electrons. The summed E-state index contributed by atoms with van der Waals surface area (Å²) in [5.74, 6) is 2.42. The minimum Gasteiger partial charge on any atom is -0.497 e. The Labute approximate surface area is 369 Å². The second-order valence-electron chi connectivity index (χ2n) is 16.5. The summed E-state index contributed by atoms with van der Waals surface area (Å²) in [6, 6.07) is 63.1. The fourth-order valence-corrected chi connectivity index (χ4v) is 9.38. The lowest BCUT2D eigenvalue weighted by Crippen LogP contribution is -2.25. The lowest BCUT2D eigenvalue weighted by Gasteiger charge is -2.30. The van der Waals surface area contributed by atoms with Crippen molar-refractivity contribution in [1.82, 2.24) is 9.55 Å². The predicted molar refractivity (Wildman–Crippen MR) is 264 cm³/mol. The smallest absolute Gasteiger partial charge is 0.137 e. The van der Waals surface area contributed by atoms with Gasteiger partial charge in [-0.25, -0.2) is 4.98 Å². The number of fused-ring (bicyclic) bond motifs is 6. The molecule has 0 saturated heterocycles. The average Bonchev–Trinajstić information content (AvgIpc) is 3.78. The molecule has 63 heavy (non-hydrogen) atoms. The van der Waals surface area contributed by atoms with E-state index in [1.807, 2.05) is 31.4 Å². The van der Waals surface area contributed by atoms with E-state index >= 15 is 0 Å². The van der Waals surface area contributed by atoms with Crippen LogP contribution in [0.4, 0.5) is 28.6 Å². The average molecular weight is 820 g/mol. The molecule has 10 rings (SSSR count). The second kappa shape index (κ2) is 16.3. The highest BCUT2D eigenvalue weighted by Crippen LogP contribution is 2.51. The van der Waals surface area contributed by atoms with Crippen molar-refractivity contribution in [3.63, 3.8) is 0 Å². The molecule has 1 aliphatic rings. The number of rotatable bonds is 10. The molecule has 1 aliphatic carbocycles. The van der Waals surface area contributed by atoms with Gasteiger partial charge in [0.05, 0.1) is 29.5 Å². The zero-order valence-corrected chi connectivity index (χ0v) is 36.3. The van der Waals surface area contributed by atoms with Crippen molar-refractivity contribution in [2.24, 2.45) is 4.99 Å². The Morgan fingerprint density at radius 3 is 2.13 bits per heavy atom. The van der Waals surface area contributed by atoms with Gasteiger partial charge in [-0.3, -0.25) is 14.8 Å². The number of methoxy groups -OCH3 is 1. The molecule has 0 aliphatic heterocycles. The number of ether oxygens (including phenoxy) is 1. The Kier molecular flexibility index (Phi) is 10.2. The molecule has 0 N–H and O–H groups in total. The van der Waals surface area contributed by atoms with Crippen LogP contribution in [0.1, 0.15) is 38.3 Å². The maximum atomic E-state index is 5.62. The Morgan fingerprint density at radius 1 is 0.635 bits per heavy atom. The van der Waals surface area contributed by atoms with Crippen LogP contribution in [-0.2, 0) is 5.41 Å². The maximum Gasteiger partial charge on any atom is 0.137 e. The molecule has 0 bridgehead atoms. The van der Waals surface area contributed by atoms with Crippen molar-refractivity contribution in [3.05, 3.63) is 205 Å². The fourth-order valence-electron chi connectivity index (χ4n) is 9.38. The third-order valence-corrected chi connectivity index (χ3v) is 12.4. The van der Waals surface area contributed by atoms with E-state index in [1.54, 1.807) is 7.11 Å². The number of para-hydroxylation sites is 2. The molecule has 0 fully saturated rings. The Balaban J connectivity index is 1.23. The molecule has 0 spiro atoms. The highest BCUT2D eigenvalue weighted by atomic mass is 16.5. The number of aromatic nitrogens is 2. The van der Waals surface area contributed by atoms with Gasteiger partial charge in [0.1, 0.15) is 17.4 Å². The lowest BCUT2D eigenvalue weighted by atomic mass is 9.82. The first kappa shape index (κ1) is 39.4. The number of aliphatic imine (C=N–C) groups is 1. The lowest BCUT2D eigenvalue weighted by molar-refractivity contribution is 0.415. The quantitative estimate of drug-likeness (QED) is 0.102. The van der Waals surface area contributed by atoms with E-state index in [1.165, 1.54) is 38.5 Å². The molecule has 308 valence electrons. The molecule has 9 aromatic rings. The highest BCUT2D eigenvalue weighted by Gasteiger charge is 2.36. The summed E-state index contributed by atoms with van der Waals surface area (Å²) in [5, 5.41) is 2.39. The Bertz CT molecular complexity index is 3180. The number of anilines is 5. The molecule has 0 atom stereocenters. The first-order valence-electron chi connectivity index (χ1n) is 21.6. The van der Waals surface area contributed by atoms with Crippen LogP contribution in [0.3, 0.4) is 0 Å². The first-order chi connectivity index (χ1) is 30.9. The molecule has 6 nitrogen and oxygen atoms in total. The summed E-state index contributed by atoms with van der Waals surface area (Å²) >= 11 is 0. The zero-order chi connectivity index (χ0) is 43.1. The molecule has 0 unspecified atom stereocenters. The van der Waals surface area contributed by atoms with Crippen LogP contribution in [0, 0.1) is 0 Å². The number of allylic oxidation sites excluding steroid dienone is 1. The standard InChI is InChI=1S/C57H49N5O/c1-6-7-23-55(58-4)60(42-26-29-46(63-5)30-27-42)44-34-40(39-25-32-54-50(36-39)49-20-12-14-22-53(49)62(54)41-17-9-8-10-18-41)35-45(37-44)61(56-24-15-16-33-59-56)43-28-31-48-47-19-11-13-21-51(47)57(2,3)52(48)38-43/h7-38H,6H2,1-5H3/b23-7-,58-55?. The highest BCUT2D eigenvalue weighted by molar-refractivity contribution is 6.12. The molecule has 0 amide bonds. The van der Waals surface area contributed by atoms with Gasteiger partial charge in [-0.15, -0.1) is 0 Å². The van der Waals surface area contributed by atoms with Crippen molar-refractivity contribution < 1.29 is 4.74 Å². The summed E-state index contributed by atoms with van der Waals surface area (Å²) in [6.45, 7) is 6.81. The normalized spacial score (nSPS) is 13.1. The van der Waals surface area contributed by atoms with Crippen LogP contribution in [-0.4, -0.2) is 29.5 Å². The van der Waals surface area contributed by atoms with Gasteiger partial charge < -0.3 is 9.30 Å². The van der Waals surface area contributed by atoms with E-state index in [9.17, 15) is 0 Å². The van der Waals surface area contributed by atoms with Gasteiger partial charge in [0, 0.05) is 46.5 Å². The Morgan fingerprint density at radius 2 is 1.35 bits per heavy atom. The summed E-state index contributed by atoms with van der Waals surface area (Å²) in [4.78, 5) is 14.4. The van der Waals surface area contributed by atoms with Gasteiger partial charge in [-0.05, 0) is 143 Å². The van der Waals surface area contributed by atoms with Crippen LogP contribution in [0.15, 0.2) is 199 Å². The zero-order valence-electron chi connectivity index (χ0n) is 36.3. The number of amidine groups is 1. The van der Waals surface area contributed by atoms with E-state index in [2.05, 4.69) is 205 Å². The fraction of sp³-hybridized carbons (Fsp3) is 0.123. The van der Waals surface area contributed by atoms with Crippen LogP contribution < -0.4 is 14.5 Å². The molecular formula is C57H49N5O. The topological polar surface area (TPSA) is 45.9 Å². The summed E-state index contributed by atoms with van der Waals surface area (Å²) in [5.41, 5.74) is 14.6. The van der Waals surface area contributed by atoms with Crippen molar-refractivity contribution in [1.29, 1.82) is 0 Å². The van der Waals surface area contributed by atoms with E-state index < -0.39 is 0 Å². The SMILES string of the molecule is CC/C=C\C(=NC)N(c1ccc(OC)cc1)c1cc(-c2ccc3c(c2)c2ccccc2n3-c2ccccc2)cc(N(c2ccc3c(c2)C(C)(C)c2ccccc2-3)c2ccccn2)c1. The monoisotopic (exact) mass is 819 g/mol. The second-order valence-corrected chi connectivity index (χ2v) is 16.5. The van der Waals surface area contributed by atoms with Crippen molar-refractivity contribution in [3.8, 4) is 33.7 Å². The van der Waals surface area contributed by atoms with Crippen LogP contribution >= 0.6 is 0 Å². The van der Waals surface area contributed by atoms with Crippen molar-refractivity contribution in [2.75, 3.05) is 24.0 Å². The number of pyridine rings is 1. The number of nitrogens with zero attached hydrogens (tertiary/aromatic N) is 5. The Hall–Kier alpha value is -7.70. The van der Waals surface area contributed by atoms with Crippen LogP contribution in [0.25, 0.3) is 49.7 Å². The number of hydrogen-bond acceptors (Lipinski definition) is 4. The molecular weight excluding hydrogens is 771 g/mol. The first-order valence-corrected chi connectivity index (χ1v) is 21.6. The van der Waals surface area contributed by atoms with E-state index in [0.717, 1.165) is 68.9 Å². The van der Waals surface area contributed by atoms with E-state index in [-0.39, 0.29) is 5.41 Å². The third kappa shape index (κ3) is 6.94. The summed E-state index contributed by atoms with van der Waals surface area (Å²) < 4.78 is 7.98. The predicted octanol–water partition coefficient (Wildman–Crippen LogP) is 14.8. The van der Waals surface area contributed by atoms with Gasteiger partial charge in [0.25, 0.3) is 0 Å². The van der Waals surface area contributed by atoms with Gasteiger partial charge in [-0.2, -0.15) is 0 Å². The van der Waals surface area contributed by atoms with E-state index in [4.69, 9.17) is 14.7 Å². The van der Waals surface area contributed by atoms with Gasteiger partial charge in [0.2, 0.25) is 0 Å².